The van der Waals surface area contributed by atoms with Crippen molar-refractivity contribution < 1.29 is 0 Å². The maximum Gasteiger partial charge on any atom is 0.108 e. The third-order valence-electron chi connectivity index (χ3n) is 6.46. The van der Waals surface area contributed by atoms with Crippen LogP contribution in [-0.2, 0) is 0 Å². The van der Waals surface area contributed by atoms with Crippen LogP contribution in [0.4, 0.5) is 5.69 Å². The number of hydrogen-bond acceptors (Lipinski definition) is 2. The highest BCUT2D eigenvalue weighted by Gasteiger charge is 2.29. The molecule has 2 rings (SSSR count). The zero-order valence-electron chi connectivity index (χ0n) is 20.2. The third-order valence-corrected chi connectivity index (χ3v) is 6.46. The molecule has 0 aliphatic carbocycles. The Morgan fingerprint density at radius 3 is 1.67 bits per heavy atom. The summed E-state index contributed by atoms with van der Waals surface area (Å²) in [5.41, 5.74) is 1.30. The average molecular weight is 413 g/mol. The zero-order chi connectivity index (χ0) is 21.4. The summed E-state index contributed by atoms with van der Waals surface area (Å²) in [5.74, 6) is 0.604. The molecule has 0 saturated carbocycles. The van der Waals surface area contributed by atoms with Crippen LogP contribution in [0, 0.1) is 5.92 Å². The van der Waals surface area contributed by atoms with Crippen LogP contribution in [0.1, 0.15) is 111 Å². The molecule has 1 aromatic carbocycles. The molecule has 0 fully saturated rings. The van der Waals surface area contributed by atoms with Crippen LogP contribution < -0.4 is 4.90 Å². The van der Waals surface area contributed by atoms with Crippen molar-refractivity contribution in [3.8, 4) is 0 Å². The van der Waals surface area contributed by atoms with Gasteiger partial charge in [0.05, 0.1) is 0 Å². The van der Waals surface area contributed by atoms with Crippen LogP contribution in [0.3, 0.4) is 0 Å². The van der Waals surface area contributed by atoms with E-state index in [1.54, 1.807) is 0 Å². The molecule has 0 aromatic heterocycles. The van der Waals surface area contributed by atoms with Crippen LogP contribution in [0.5, 0.6) is 0 Å². The van der Waals surface area contributed by atoms with E-state index in [0.717, 1.165) is 0 Å². The Hall–Kier alpha value is -1.44. The Morgan fingerprint density at radius 1 is 0.667 bits per heavy atom. The molecule has 30 heavy (non-hydrogen) atoms. The summed E-state index contributed by atoms with van der Waals surface area (Å²) in [7, 11) is 0. The van der Waals surface area contributed by atoms with Crippen LogP contribution in [-0.4, -0.2) is 17.6 Å². The van der Waals surface area contributed by atoms with E-state index in [-0.39, 0.29) is 0 Å². The van der Waals surface area contributed by atoms with Crippen molar-refractivity contribution in [1.29, 1.82) is 0 Å². The highest BCUT2D eigenvalue weighted by Crippen LogP contribution is 2.29. The summed E-state index contributed by atoms with van der Waals surface area (Å²) in [6.07, 6.45) is 25.0. The predicted octanol–water partition coefficient (Wildman–Crippen LogP) is 8.74. The molecule has 0 spiro atoms. The summed E-state index contributed by atoms with van der Waals surface area (Å²) < 4.78 is 0. The van der Waals surface area contributed by atoms with Crippen molar-refractivity contribution in [2.24, 2.45) is 5.92 Å². The van der Waals surface area contributed by atoms with Gasteiger partial charge in [-0.25, -0.2) is 0 Å². The van der Waals surface area contributed by atoms with E-state index in [2.05, 4.69) is 73.3 Å². The normalized spacial score (nSPS) is 16.2. The largest absolute Gasteiger partial charge is 0.355 e. The van der Waals surface area contributed by atoms with Crippen molar-refractivity contribution in [3.63, 3.8) is 0 Å². The molecule has 1 aromatic rings. The van der Waals surface area contributed by atoms with Gasteiger partial charge in [0.2, 0.25) is 0 Å². The molecule has 0 amide bonds. The Balaban J connectivity index is 1.49. The van der Waals surface area contributed by atoms with E-state index >= 15 is 0 Å². The molecular weight excluding hydrogens is 364 g/mol. The first-order chi connectivity index (χ1) is 14.7. The molecule has 1 aliphatic heterocycles. The van der Waals surface area contributed by atoms with Gasteiger partial charge >= 0.3 is 0 Å². The molecule has 0 saturated heterocycles. The van der Waals surface area contributed by atoms with Gasteiger partial charge in [0.15, 0.2) is 0 Å². The van der Waals surface area contributed by atoms with Crippen molar-refractivity contribution >= 4 is 5.69 Å². The molecule has 0 bridgehead atoms. The van der Waals surface area contributed by atoms with Gasteiger partial charge < -0.3 is 9.80 Å². The van der Waals surface area contributed by atoms with Crippen LogP contribution in [0.25, 0.3) is 0 Å². The summed E-state index contributed by atoms with van der Waals surface area (Å²) >= 11 is 0. The van der Waals surface area contributed by atoms with Gasteiger partial charge in [-0.2, -0.15) is 0 Å². The second kappa shape index (κ2) is 15.4. The number of hydrogen-bond donors (Lipinski definition) is 0. The number of unbranched alkanes of at least 4 members (excludes halogenated alkanes) is 13. The van der Waals surface area contributed by atoms with Gasteiger partial charge in [-0.3, -0.25) is 0 Å². The summed E-state index contributed by atoms with van der Waals surface area (Å²) in [6.45, 7) is 8.16. The van der Waals surface area contributed by atoms with E-state index in [4.69, 9.17) is 0 Å². The Kier molecular flexibility index (Phi) is 12.7. The topological polar surface area (TPSA) is 6.48 Å². The molecule has 1 atom stereocenters. The molecular formula is C28H48N2. The highest BCUT2D eigenvalue weighted by molar-refractivity contribution is 5.51. The van der Waals surface area contributed by atoms with Gasteiger partial charge in [0.1, 0.15) is 6.17 Å². The molecule has 0 radical (unpaired) electrons. The lowest BCUT2D eigenvalue weighted by atomic mass is 10.0. The molecule has 1 aliphatic rings. The number of para-hydroxylation sites is 1. The van der Waals surface area contributed by atoms with Crippen LogP contribution in [0.2, 0.25) is 0 Å². The number of anilines is 1. The van der Waals surface area contributed by atoms with Crippen molar-refractivity contribution in [1.82, 2.24) is 4.90 Å². The fourth-order valence-electron chi connectivity index (χ4n) is 4.73. The maximum atomic E-state index is 2.55. The lowest BCUT2D eigenvalue weighted by Crippen LogP contribution is -2.43. The molecule has 0 N–H and O–H groups in total. The summed E-state index contributed by atoms with van der Waals surface area (Å²) in [6, 6.07) is 10.8. The molecule has 2 nitrogen and oxygen atoms in total. The van der Waals surface area contributed by atoms with E-state index < -0.39 is 0 Å². The van der Waals surface area contributed by atoms with Crippen molar-refractivity contribution in [2.45, 2.75) is 117 Å². The van der Waals surface area contributed by atoms with E-state index in [1.165, 1.54) is 102 Å². The average Bonchev–Trinajstić information content (AvgIpc) is 3.19. The second-order valence-electron chi connectivity index (χ2n) is 9.53. The molecule has 2 heteroatoms. The minimum Gasteiger partial charge on any atom is -0.355 e. The fraction of sp³-hybridized carbons (Fsp3) is 0.714. The smallest absolute Gasteiger partial charge is 0.108 e. The van der Waals surface area contributed by atoms with Crippen molar-refractivity contribution in [2.75, 3.05) is 11.4 Å². The molecule has 1 heterocycles. The standard InChI is InChI=1S/C28H48N2/c1-4-5-6-7-8-9-10-11-12-13-14-15-16-20-23-29-24-25-30(28(29)26(2)3)27-21-18-17-19-22-27/h17-19,21-22,24-26,28H,4-16,20,23H2,1-3H3. The minimum atomic E-state index is 0.453. The first kappa shape index (κ1) is 24.8. The van der Waals surface area contributed by atoms with Crippen LogP contribution >= 0.6 is 0 Å². The van der Waals surface area contributed by atoms with Gasteiger partial charge in [-0.1, -0.05) is 122 Å². The quantitative estimate of drug-likeness (QED) is 0.236. The van der Waals surface area contributed by atoms with Gasteiger partial charge in [-0.05, 0) is 24.5 Å². The SMILES string of the molecule is CCCCCCCCCCCCCCCCN1C=CN(c2ccccc2)C1C(C)C. The highest BCUT2D eigenvalue weighted by atomic mass is 15.4. The Labute approximate surface area is 187 Å². The fourth-order valence-corrected chi connectivity index (χ4v) is 4.73. The van der Waals surface area contributed by atoms with Gasteiger partial charge in [0.25, 0.3) is 0 Å². The molecule has 1 unspecified atom stereocenters. The Morgan fingerprint density at radius 2 is 1.17 bits per heavy atom. The van der Waals surface area contributed by atoms with Crippen LogP contribution in [0.15, 0.2) is 42.7 Å². The second-order valence-corrected chi connectivity index (χ2v) is 9.53. The van der Waals surface area contributed by atoms with E-state index in [9.17, 15) is 0 Å². The van der Waals surface area contributed by atoms with E-state index in [0.29, 0.717) is 12.1 Å². The lowest BCUT2D eigenvalue weighted by Gasteiger charge is -2.35. The number of rotatable bonds is 17. The van der Waals surface area contributed by atoms with Gasteiger partial charge in [0, 0.05) is 24.6 Å². The molecule has 170 valence electrons. The monoisotopic (exact) mass is 412 g/mol. The van der Waals surface area contributed by atoms with Crippen molar-refractivity contribution in [3.05, 3.63) is 42.7 Å². The first-order valence-electron chi connectivity index (χ1n) is 13.0. The first-order valence-corrected chi connectivity index (χ1v) is 13.0. The minimum absolute atomic E-state index is 0.453. The number of nitrogens with zero attached hydrogens (tertiary/aromatic N) is 2. The lowest BCUT2D eigenvalue weighted by molar-refractivity contribution is 0.237. The zero-order valence-corrected chi connectivity index (χ0v) is 20.2. The third kappa shape index (κ3) is 9.14. The summed E-state index contributed by atoms with van der Waals surface area (Å²) in [4.78, 5) is 4.99. The van der Waals surface area contributed by atoms with Gasteiger partial charge in [-0.15, -0.1) is 0 Å². The maximum absolute atomic E-state index is 2.55. The summed E-state index contributed by atoms with van der Waals surface area (Å²) in [5, 5.41) is 0. The predicted molar refractivity (Wildman–Crippen MR) is 134 cm³/mol. The van der Waals surface area contributed by atoms with E-state index in [1.807, 2.05) is 0 Å². The number of benzene rings is 1. The Bertz CT molecular complexity index is 551.